The molecule has 108 valence electrons. The first-order valence-corrected chi connectivity index (χ1v) is 6.96. The lowest BCUT2D eigenvalue weighted by molar-refractivity contribution is -0.153. The van der Waals surface area contributed by atoms with Gasteiger partial charge in [0.15, 0.2) is 0 Å². The third-order valence-corrected chi connectivity index (χ3v) is 3.77. The summed E-state index contributed by atoms with van der Waals surface area (Å²) in [6.07, 6.45) is 3.44. The summed E-state index contributed by atoms with van der Waals surface area (Å²) in [5.41, 5.74) is 0.938. The normalized spacial score (nSPS) is 24.8. The van der Waals surface area contributed by atoms with Gasteiger partial charge in [0.05, 0.1) is 6.04 Å². The average molecular weight is 275 g/mol. The van der Waals surface area contributed by atoms with E-state index in [1.807, 2.05) is 32.9 Å². The van der Waals surface area contributed by atoms with Crippen molar-refractivity contribution in [2.45, 2.75) is 45.8 Å². The summed E-state index contributed by atoms with van der Waals surface area (Å²) in [5, 5.41) is 2.75. The Balaban J connectivity index is 2.37. The van der Waals surface area contributed by atoms with Crippen LogP contribution in [0.5, 0.6) is 0 Å². The highest BCUT2D eigenvalue weighted by Crippen LogP contribution is 2.28. The Labute approximate surface area is 119 Å². The van der Waals surface area contributed by atoms with Crippen molar-refractivity contribution in [1.29, 1.82) is 0 Å². The van der Waals surface area contributed by atoms with Crippen molar-refractivity contribution in [3.63, 3.8) is 0 Å². The molecule has 5 nitrogen and oxygen atoms in total. The second-order valence-corrected chi connectivity index (χ2v) is 5.63. The zero-order valence-corrected chi connectivity index (χ0v) is 12.3. The van der Waals surface area contributed by atoms with E-state index < -0.39 is 12.1 Å². The van der Waals surface area contributed by atoms with Crippen LogP contribution < -0.4 is 5.32 Å². The maximum Gasteiger partial charge on any atom is 0.246 e. The van der Waals surface area contributed by atoms with Crippen LogP contribution in [0.25, 0.3) is 0 Å². The highest BCUT2D eigenvalue weighted by atomic mass is 16.2. The van der Waals surface area contributed by atoms with Crippen LogP contribution >= 0.6 is 0 Å². The molecule has 2 rings (SSSR count). The fourth-order valence-corrected chi connectivity index (χ4v) is 2.69. The third-order valence-electron chi connectivity index (χ3n) is 3.77. The van der Waals surface area contributed by atoms with Crippen molar-refractivity contribution in [3.8, 4) is 0 Å². The Morgan fingerprint density at radius 2 is 2.00 bits per heavy atom. The number of amides is 2. The Bertz CT molecular complexity index is 501. The van der Waals surface area contributed by atoms with Gasteiger partial charge in [-0.1, -0.05) is 19.9 Å². The van der Waals surface area contributed by atoms with Crippen molar-refractivity contribution >= 4 is 11.8 Å². The molecule has 0 aromatic carbocycles. The number of piperazine rings is 1. The highest BCUT2D eigenvalue weighted by Gasteiger charge is 2.42. The largest absolute Gasteiger partial charge is 0.343 e. The second-order valence-electron chi connectivity index (χ2n) is 5.63. The molecule has 1 aromatic rings. The standard InChI is InChI=1S/C15H21N3O2/c1-9(2)13-14(19)17-10(3)15(20)18(13)11(4)12-6-5-7-16-8-12/h5-11,13H,1-4H3,(H,17,19). The number of nitrogens with one attached hydrogen (secondary N) is 1. The van der Waals surface area contributed by atoms with E-state index >= 15 is 0 Å². The zero-order valence-electron chi connectivity index (χ0n) is 12.3. The SMILES string of the molecule is CC1NC(=O)C(C(C)C)N(C(C)c2cccnc2)C1=O. The number of hydrogen-bond acceptors (Lipinski definition) is 3. The molecule has 1 aliphatic rings. The minimum atomic E-state index is -0.475. The first-order chi connectivity index (χ1) is 9.43. The van der Waals surface area contributed by atoms with Crippen LogP contribution in [0.15, 0.2) is 24.5 Å². The summed E-state index contributed by atoms with van der Waals surface area (Å²) in [4.78, 5) is 30.5. The summed E-state index contributed by atoms with van der Waals surface area (Å²) in [7, 11) is 0. The van der Waals surface area contributed by atoms with Crippen molar-refractivity contribution in [1.82, 2.24) is 15.2 Å². The third kappa shape index (κ3) is 2.53. The smallest absolute Gasteiger partial charge is 0.246 e. The van der Waals surface area contributed by atoms with E-state index in [4.69, 9.17) is 0 Å². The van der Waals surface area contributed by atoms with Crippen molar-refractivity contribution in [2.75, 3.05) is 0 Å². The Morgan fingerprint density at radius 3 is 2.55 bits per heavy atom. The molecule has 0 spiro atoms. The van der Waals surface area contributed by atoms with Gasteiger partial charge in [0.2, 0.25) is 11.8 Å². The molecule has 2 amide bonds. The van der Waals surface area contributed by atoms with E-state index in [0.29, 0.717) is 0 Å². The van der Waals surface area contributed by atoms with E-state index in [1.165, 1.54) is 0 Å². The molecule has 20 heavy (non-hydrogen) atoms. The van der Waals surface area contributed by atoms with Crippen LogP contribution in [0.2, 0.25) is 0 Å². The molecule has 0 bridgehead atoms. The van der Waals surface area contributed by atoms with Gasteiger partial charge in [0, 0.05) is 12.4 Å². The fourth-order valence-electron chi connectivity index (χ4n) is 2.69. The van der Waals surface area contributed by atoms with E-state index in [9.17, 15) is 9.59 Å². The van der Waals surface area contributed by atoms with E-state index in [-0.39, 0.29) is 23.8 Å². The van der Waals surface area contributed by atoms with Gasteiger partial charge in [-0.25, -0.2) is 0 Å². The molecule has 2 heterocycles. The Hall–Kier alpha value is -1.91. The first kappa shape index (κ1) is 14.5. The van der Waals surface area contributed by atoms with Gasteiger partial charge in [-0.2, -0.15) is 0 Å². The molecule has 3 atom stereocenters. The van der Waals surface area contributed by atoms with Crippen molar-refractivity contribution in [2.24, 2.45) is 5.92 Å². The summed E-state index contributed by atoms with van der Waals surface area (Å²) >= 11 is 0. The van der Waals surface area contributed by atoms with E-state index in [2.05, 4.69) is 10.3 Å². The Kier molecular flexibility index (Phi) is 4.06. The van der Waals surface area contributed by atoms with Crippen LogP contribution in [0.1, 0.15) is 39.3 Å². The number of rotatable bonds is 3. The van der Waals surface area contributed by atoms with Crippen LogP contribution in [-0.4, -0.2) is 33.8 Å². The molecule has 5 heteroatoms. The number of nitrogens with zero attached hydrogens (tertiary/aromatic N) is 2. The molecule has 1 fully saturated rings. The quantitative estimate of drug-likeness (QED) is 0.909. The maximum atomic E-state index is 12.5. The summed E-state index contributed by atoms with van der Waals surface area (Å²) in [5.74, 6) is -0.0620. The molecule has 1 aromatic heterocycles. The Morgan fingerprint density at radius 1 is 1.30 bits per heavy atom. The second kappa shape index (κ2) is 5.61. The van der Waals surface area contributed by atoms with Crippen LogP contribution in [0.4, 0.5) is 0 Å². The van der Waals surface area contributed by atoms with Gasteiger partial charge in [0.25, 0.3) is 0 Å². The summed E-state index contributed by atoms with van der Waals surface area (Å²) < 4.78 is 0. The molecule has 1 N–H and O–H groups in total. The van der Waals surface area contributed by atoms with Gasteiger partial charge in [0.1, 0.15) is 12.1 Å². The lowest BCUT2D eigenvalue weighted by Crippen LogP contribution is -2.64. The number of hydrogen-bond donors (Lipinski definition) is 1. The molecular weight excluding hydrogens is 254 g/mol. The van der Waals surface area contributed by atoms with E-state index in [1.54, 1.807) is 24.2 Å². The van der Waals surface area contributed by atoms with Gasteiger partial charge in [-0.05, 0) is 31.4 Å². The van der Waals surface area contributed by atoms with Crippen LogP contribution in [0.3, 0.4) is 0 Å². The summed E-state index contributed by atoms with van der Waals surface area (Å²) in [6, 6.07) is 2.69. The van der Waals surface area contributed by atoms with E-state index in [0.717, 1.165) is 5.56 Å². The minimum Gasteiger partial charge on any atom is -0.343 e. The van der Waals surface area contributed by atoms with Gasteiger partial charge in [-0.15, -0.1) is 0 Å². The lowest BCUT2D eigenvalue weighted by atomic mass is 9.94. The molecule has 0 radical (unpaired) electrons. The van der Waals surface area contributed by atoms with Crippen molar-refractivity contribution < 1.29 is 9.59 Å². The highest BCUT2D eigenvalue weighted by molar-refractivity contribution is 5.97. The number of carbonyl (C=O) groups is 2. The monoisotopic (exact) mass is 275 g/mol. The topological polar surface area (TPSA) is 62.3 Å². The predicted octanol–water partition coefficient (Wildman–Crippen LogP) is 1.51. The lowest BCUT2D eigenvalue weighted by Gasteiger charge is -2.43. The number of pyridine rings is 1. The van der Waals surface area contributed by atoms with Gasteiger partial charge in [-0.3, -0.25) is 14.6 Å². The van der Waals surface area contributed by atoms with Crippen LogP contribution in [-0.2, 0) is 9.59 Å². The maximum absolute atomic E-state index is 12.5. The molecule has 0 saturated carbocycles. The fraction of sp³-hybridized carbons (Fsp3) is 0.533. The predicted molar refractivity (Wildman–Crippen MR) is 75.7 cm³/mol. The van der Waals surface area contributed by atoms with Gasteiger partial charge >= 0.3 is 0 Å². The summed E-state index contributed by atoms with van der Waals surface area (Å²) in [6.45, 7) is 7.57. The molecule has 1 saturated heterocycles. The molecule has 3 unspecified atom stereocenters. The molecule has 1 aliphatic heterocycles. The number of aromatic nitrogens is 1. The first-order valence-electron chi connectivity index (χ1n) is 6.96. The zero-order chi connectivity index (χ0) is 14.9. The van der Waals surface area contributed by atoms with Crippen molar-refractivity contribution in [3.05, 3.63) is 30.1 Å². The molecular formula is C15H21N3O2. The number of carbonyl (C=O) groups excluding carboxylic acids is 2. The average Bonchev–Trinajstić information content (AvgIpc) is 2.42. The van der Waals surface area contributed by atoms with Crippen LogP contribution in [0, 0.1) is 5.92 Å². The van der Waals surface area contributed by atoms with Gasteiger partial charge < -0.3 is 10.2 Å². The molecule has 0 aliphatic carbocycles. The minimum absolute atomic E-state index is 0.0420.